The molecule has 22 heavy (non-hydrogen) atoms. The van der Waals surface area contributed by atoms with Crippen molar-refractivity contribution < 1.29 is 9.59 Å². The second-order valence-corrected chi connectivity index (χ2v) is 6.65. The van der Waals surface area contributed by atoms with Gasteiger partial charge in [0.05, 0.1) is 11.3 Å². The number of carbonyl (C=O) groups excluding carboxylic acids is 2. The quantitative estimate of drug-likeness (QED) is 0.943. The molecule has 0 bridgehead atoms. The highest BCUT2D eigenvalue weighted by Gasteiger charge is 2.33. The van der Waals surface area contributed by atoms with Gasteiger partial charge in [-0.15, -0.1) is 11.3 Å². The fraction of sp³-hybridized carbons (Fsp3) is 0.312. The zero-order valence-electron chi connectivity index (χ0n) is 12.5. The average molecular weight is 315 g/mol. The van der Waals surface area contributed by atoms with E-state index in [1.165, 1.54) is 11.3 Å². The van der Waals surface area contributed by atoms with Crippen molar-refractivity contribution in [1.82, 2.24) is 4.98 Å². The van der Waals surface area contributed by atoms with Crippen LogP contribution in [0.25, 0.3) is 0 Å². The van der Waals surface area contributed by atoms with E-state index in [-0.39, 0.29) is 17.7 Å². The summed E-state index contributed by atoms with van der Waals surface area (Å²) in [5, 5.41) is 3.35. The molecule has 3 rings (SSSR count). The molecule has 0 unspecified atom stereocenters. The molecular weight excluding hydrogens is 298 g/mol. The topological polar surface area (TPSA) is 62.3 Å². The van der Waals surface area contributed by atoms with Gasteiger partial charge in [0.15, 0.2) is 5.13 Å². The molecule has 6 heteroatoms. The molecule has 1 aromatic carbocycles. The van der Waals surface area contributed by atoms with E-state index in [0.717, 1.165) is 17.7 Å². The first kappa shape index (κ1) is 14.7. The van der Waals surface area contributed by atoms with Crippen molar-refractivity contribution in [2.45, 2.75) is 19.8 Å². The largest absolute Gasteiger partial charge is 0.314 e. The summed E-state index contributed by atoms with van der Waals surface area (Å²) in [4.78, 5) is 31.5. The number of benzene rings is 1. The van der Waals surface area contributed by atoms with Gasteiger partial charge in [0.25, 0.3) is 5.91 Å². The Morgan fingerprint density at radius 1 is 1.32 bits per heavy atom. The van der Waals surface area contributed by atoms with E-state index in [2.05, 4.69) is 10.3 Å². The molecule has 2 aromatic rings. The van der Waals surface area contributed by atoms with Crippen LogP contribution in [-0.4, -0.2) is 23.8 Å². The van der Waals surface area contributed by atoms with E-state index in [4.69, 9.17) is 0 Å². The Hall–Kier alpha value is -2.21. The van der Waals surface area contributed by atoms with E-state index < -0.39 is 0 Å². The van der Waals surface area contributed by atoms with Gasteiger partial charge in [-0.2, -0.15) is 0 Å². The summed E-state index contributed by atoms with van der Waals surface area (Å²) in [5.41, 5.74) is 1.11. The number of nitrogens with one attached hydrogen (secondary N) is 1. The van der Waals surface area contributed by atoms with Crippen LogP contribution < -0.4 is 10.2 Å². The van der Waals surface area contributed by atoms with Crippen molar-refractivity contribution in [3.8, 4) is 0 Å². The minimum atomic E-state index is -0.250. The molecule has 5 nitrogen and oxygen atoms in total. The lowest BCUT2D eigenvalue weighted by atomic mass is 10.1. The third-order valence-corrected chi connectivity index (χ3v) is 4.44. The highest BCUT2D eigenvalue weighted by atomic mass is 32.1. The van der Waals surface area contributed by atoms with Crippen LogP contribution in [0.15, 0.2) is 30.5 Å². The number of thiazole rings is 1. The smallest absolute Gasteiger partial charge is 0.259 e. The zero-order chi connectivity index (χ0) is 15.7. The lowest BCUT2D eigenvalue weighted by Gasteiger charge is -2.20. The standard InChI is InChI=1S/C16H17N3O2S/c1-10-9-17-16(22-10)18-14(20)12-5-3-4-6-13(12)19(2)15(21)11-7-8-11/h3-6,9,11H,7-8H2,1-2H3,(H,17,18,20). The van der Waals surface area contributed by atoms with Crippen molar-refractivity contribution in [2.75, 3.05) is 17.3 Å². The summed E-state index contributed by atoms with van der Waals surface area (Å²) in [5.74, 6) is -0.0616. The minimum Gasteiger partial charge on any atom is -0.314 e. The molecule has 114 valence electrons. The van der Waals surface area contributed by atoms with Gasteiger partial charge in [0.1, 0.15) is 0 Å². The molecule has 0 spiro atoms. The maximum absolute atomic E-state index is 12.5. The molecule has 2 amide bonds. The Labute approximate surface area is 133 Å². The summed E-state index contributed by atoms with van der Waals surface area (Å²) in [6.45, 7) is 1.93. The van der Waals surface area contributed by atoms with Crippen LogP contribution in [0.4, 0.5) is 10.8 Å². The lowest BCUT2D eigenvalue weighted by Crippen LogP contribution is -2.29. The first-order valence-corrected chi connectivity index (χ1v) is 7.98. The van der Waals surface area contributed by atoms with Crippen molar-refractivity contribution in [1.29, 1.82) is 0 Å². The number of hydrogen-bond donors (Lipinski definition) is 1. The molecule has 0 atom stereocenters. The number of nitrogens with zero attached hydrogens (tertiary/aromatic N) is 2. The molecule has 1 N–H and O–H groups in total. The number of aryl methyl sites for hydroxylation is 1. The van der Waals surface area contributed by atoms with Gasteiger partial charge < -0.3 is 4.90 Å². The molecular formula is C16H17N3O2S. The third kappa shape index (κ3) is 3.01. The predicted molar refractivity (Wildman–Crippen MR) is 87.4 cm³/mol. The van der Waals surface area contributed by atoms with Crippen molar-refractivity contribution in [3.63, 3.8) is 0 Å². The average Bonchev–Trinajstić information content (AvgIpc) is 3.29. The first-order chi connectivity index (χ1) is 10.6. The zero-order valence-corrected chi connectivity index (χ0v) is 13.3. The van der Waals surface area contributed by atoms with Crippen molar-refractivity contribution in [2.24, 2.45) is 5.92 Å². The fourth-order valence-electron chi connectivity index (χ4n) is 2.26. The number of amides is 2. The second-order valence-electron chi connectivity index (χ2n) is 5.42. The summed E-state index contributed by atoms with van der Waals surface area (Å²) >= 11 is 1.42. The van der Waals surface area contributed by atoms with E-state index in [0.29, 0.717) is 16.4 Å². The van der Waals surface area contributed by atoms with Gasteiger partial charge in [-0.3, -0.25) is 14.9 Å². The Kier molecular flexibility index (Phi) is 3.94. The van der Waals surface area contributed by atoms with Gasteiger partial charge in [0.2, 0.25) is 5.91 Å². The van der Waals surface area contributed by atoms with Gasteiger partial charge >= 0.3 is 0 Å². The summed E-state index contributed by atoms with van der Waals surface area (Å²) < 4.78 is 0. The number of carbonyl (C=O) groups is 2. The lowest BCUT2D eigenvalue weighted by molar-refractivity contribution is -0.119. The number of aromatic nitrogens is 1. The molecule has 0 aliphatic heterocycles. The molecule has 1 aromatic heterocycles. The number of rotatable bonds is 4. The second kappa shape index (κ2) is 5.88. The highest BCUT2D eigenvalue weighted by Crippen LogP contribution is 2.33. The third-order valence-electron chi connectivity index (χ3n) is 3.61. The molecule has 1 heterocycles. The monoisotopic (exact) mass is 315 g/mol. The molecule has 1 aliphatic carbocycles. The Morgan fingerprint density at radius 3 is 2.68 bits per heavy atom. The minimum absolute atomic E-state index is 0.0744. The van der Waals surface area contributed by atoms with Gasteiger partial charge in [0, 0.05) is 24.0 Å². The van der Waals surface area contributed by atoms with Crippen molar-refractivity contribution in [3.05, 3.63) is 40.9 Å². The van der Waals surface area contributed by atoms with E-state index >= 15 is 0 Å². The maximum atomic E-state index is 12.5. The van der Waals surface area contributed by atoms with Gasteiger partial charge in [-0.05, 0) is 31.9 Å². The molecule has 0 radical (unpaired) electrons. The highest BCUT2D eigenvalue weighted by molar-refractivity contribution is 7.15. The predicted octanol–water partition coefficient (Wildman–Crippen LogP) is 3.08. The van der Waals surface area contributed by atoms with E-state index in [1.807, 2.05) is 13.0 Å². The number of anilines is 2. The van der Waals surface area contributed by atoms with Gasteiger partial charge in [-0.1, -0.05) is 12.1 Å². The maximum Gasteiger partial charge on any atom is 0.259 e. The van der Waals surface area contributed by atoms with Crippen LogP contribution in [0.5, 0.6) is 0 Å². The van der Waals surface area contributed by atoms with Crippen LogP contribution >= 0.6 is 11.3 Å². The molecule has 0 saturated heterocycles. The van der Waals surface area contributed by atoms with Crippen LogP contribution in [-0.2, 0) is 4.79 Å². The summed E-state index contributed by atoms with van der Waals surface area (Å²) in [6.07, 6.45) is 3.60. The molecule has 1 aliphatic rings. The van der Waals surface area contributed by atoms with Crippen LogP contribution in [0.3, 0.4) is 0 Å². The normalized spacial score (nSPS) is 13.7. The van der Waals surface area contributed by atoms with Crippen LogP contribution in [0.2, 0.25) is 0 Å². The number of para-hydroxylation sites is 1. The molecule has 1 fully saturated rings. The SMILES string of the molecule is Cc1cnc(NC(=O)c2ccccc2N(C)C(=O)C2CC2)s1. The summed E-state index contributed by atoms with van der Waals surface area (Å²) in [7, 11) is 1.72. The Morgan fingerprint density at radius 2 is 2.05 bits per heavy atom. The number of hydrogen-bond acceptors (Lipinski definition) is 4. The van der Waals surface area contributed by atoms with Crippen LogP contribution in [0, 0.1) is 12.8 Å². The van der Waals surface area contributed by atoms with E-state index in [9.17, 15) is 9.59 Å². The van der Waals surface area contributed by atoms with Gasteiger partial charge in [-0.25, -0.2) is 4.98 Å². The van der Waals surface area contributed by atoms with Crippen LogP contribution in [0.1, 0.15) is 28.1 Å². The Bertz CT molecular complexity index is 722. The Balaban J connectivity index is 1.83. The van der Waals surface area contributed by atoms with E-state index in [1.54, 1.807) is 36.3 Å². The summed E-state index contributed by atoms with van der Waals surface area (Å²) in [6, 6.07) is 7.14. The fourth-order valence-corrected chi connectivity index (χ4v) is 2.92. The molecule has 1 saturated carbocycles. The first-order valence-electron chi connectivity index (χ1n) is 7.16. The van der Waals surface area contributed by atoms with Crippen molar-refractivity contribution >= 4 is 34.0 Å².